The van der Waals surface area contributed by atoms with E-state index in [1.54, 1.807) is 52.8 Å². The van der Waals surface area contributed by atoms with Crippen LogP contribution in [0.5, 0.6) is 0 Å². The summed E-state index contributed by atoms with van der Waals surface area (Å²) in [5.41, 5.74) is 2.77. The largest absolute Gasteiger partial charge is 0.339 e. The quantitative estimate of drug-likeness (QED) is 0.625. The number of rotatable bonds is 6. The predicted molar refractivity (Wildman–Crippen MR) is 123 cm³/mol. The van der Waals surface area contributed by atoms with Crippen molar-refractivity contribution < 1.29 is 9.59 Å². The van der Waals surface area contributed by atoms with Gasteiger partial charge in [0.25, 0.3) is 17.4 Å². The zero-order valence-electron chi connectivity index (χ0n) is 18.0. The molecule has 7 nitrogen and oxygen atoms in total. The lowest BCUT2D eigenvalue weighted by Crippen LogP contribution is -2.30. The lowest BCUT2D eigenvalue weighted by atomic mass is 10.1. The third-order valence-corrected chi connectivity index (χ3v) is 5.51. The van der Waals surface area contributed by atoms with Gasteiger partial charge in [0.05, 0.1) is 21.6 Å². The van der Waals surface area contributed by atoms with E-state index < -0.39 is 0 Å². The second-order valence-corrected chi connectivity index (χ2v) is 7.48. The van der Waals surface area contributed by atoms with Gasteiger partial charge in [0.1, 0.15) is 5.69 Å². The summed E-state index contributed by atoms with van der Waals surface area (Å²) in [5, 5.41) is 3.07. The van der Waals surface area contributed by atoms with Crippen molar-refractivity contribution in [2.24, 2.45) is 0 Å². The van der Waals surface area contributed by atoms with E-state index in [1.165, 1.54) is 0 Å². The van der Waals surface area contributed by atoms with Gasteiger partial charge in [0, 0.05) is 30.9 Å². The van der Waals surface area contributed by atoms with E-state index in [1.807, 2.05) is 20.8 Å². The molecule has 0 radical (unpaired) electrons. The number of hydrogen-bond acceptors (Lipinski definition) is 4. The number of fused-ring (bicyclic) bond motifs is 1. The van der Waals surface area contributed by atoms with Gasteiger partial charge >= 0.3 is 0 Å². The molecule has 162 valence electrons. The average Bonchev–Trinajstić information content (AvgIpc) is 2.75. The highest BCUT2D eigenvalue weighted by Gasteiger charge is 2.17. The van der Waals surface area contributed by atoms with Crippen molar-refractivity contribution >= 4 is 40.1 Å². The second-order valence-electron chi connectivity index (χ2n) is 7.08. The molecule has 3 rings (SSSR count). The van der Waals surface area contributed by atoms with E-state index in [9.17, 15) is 14.4 Å². The molecule has 0 spiro atoms. The number of benzene rings is 2. The SMILES string of the molecule is CCN(CC)C(=O)c1ccc(NC(=O)c2ccc3c(c2)nc(C)c(=O)n3CC)cc1Cl. The molecule has 2 amide bonds. The minimum Gasteiger partial charge on any atom is -0.339 e. The van der Waals surface area contributed by atoms with Crippen LogP contribution in [0.1, 0.15) is 47.2 Å². The normalized spacial score (nSPS) is 10.9. The van der Waals surface area contributed by atoms with Crippen LogP contribution in [0.3, 0.4) is 0 Å². The molecular formula is C23H25ClN4O3. The fourth-order valence-corrected chi connectivity index (χ4v) is 3.74. The number of carbonyl (C=O) groups excluding carboxylic acids is 2. The summed E-state index contributed by atoms with van der Waals surface area (Å²) in [6.45, 7) is 9.05. The maximum absolute atomic E-state index is 12.8. The zero-order chi connectivity index (χ0) is 22.7. The monoisotopic (exact) mass is 440 g/mol. The molecule has 1 N–H and O–H groups in total. The van der Waals surface area contributed by atoms with Gasteiger partial charge in [-0.1, -0.05) is 11.6 Å². The second kappa shape index (κ2) is 9.31. The third-order valence-electron chi connectivity index (χ3n) is 5.20. The molecular weight excluding hydrogens is 416 g/mol. The van der Waals surface area contributed by atoms with E-state index in [4.69, 9.17) is 11.6 Å². The van der Waals surface area contributed by atoms with Crippen LogP contribution in [0.25, 0.3) is 11.0 Å². The maximum atomic E-state index is 12.8. The van der Waals surface area contributed by atoms with Crippen LogP contribution >= 0.6 is 11.6 Å². The number of amides is 2. The van der Waals surface area contributed by atoms with Crippen molar-refractivity contribution in [3.63, 3.8) is 0 Å². The van der Waals surface area contributed by atoms with Crippen molar-refractivity contribution in [2.75, 3.05) is 18.4 Å². The zero-order valence-corrected chi connectivity index (χ0v) is 18.8. The van der Waals surface area contributed by atoms with Crippen molar-refractivity contribution in [1.29, 1.82) is 0 Å². The van der Waals surface area contributed by atoms with Crippen LogP contribution in [0, 0.1) is 6.92 Å². The van der Waals surface area contributed by atoms with Crippen LogP contribution in [-0.2, 0) is 6.54 Å². The smallest absolute Gasteiger partial charge is 0.272 e. The summed E-state index contributed by atoms with van der Waals surface area (Å²) in [4.78, 5) is 43.6. The number of aromatic nitrogens is 2. The van der Waals surface area contributed by atoms with Gasteiger partial charge in [0.15, 0.2) is 0 Å². The lowest BCUT2D eigenvalue weighted by Gasteiger charge is -2.19. The third kappa shape index (κ3) is 4.46. The molecule has 0 unspecified atom stereocenters. The first-order valence-corrected chi connectivity index (χ1v) is 10.6. The number of anilines is 1. The van der Waals surface area contributed by atoms with Crippen molar-refractivity contribution in [3.05, 3.63) is 68.6 Å². The van der Waals surface area contributed by atoms with E-state index in [-0.39, 0.29) is 22.4 Å². The molecule has 0 atom stereocenters. The first-order chi connectivity index (χ1) is 14.8. The summed E-state index contributed by atoms with van der Waals surface area (Å²) in [5.74, 6) is -0.486. The summed E-state index contributed by atoms with van der Waals surface area (Å²) in [6.07, 6.45) is 0. The van der Waals surface area contributed by atoms with E-state index in [0.29, 0.717) is 53.2 Å². The Bertz CT molecular complexity index is 1220. The highest BCUT2D eigenvalue weighted by Crippen LogP contribution is 2.23. The highest BCUT2D eigenvalue weighted by molar-refractivity contribution is 6.34. The Labute approximate surface area is 185 Å². The Hall–Kier alpha value is -3.19. The molecule has 0 saturated carbocycles. The fourth-order valence-electron chi connectivity index (χ4n) is 3.48. The molecule has 0 aliphatic rings. The first kappa shape index (κ1) is 22.5. The molecule has 0 bridgehead atoms. The molecule has 0 saturated heterocycles. The number of hydrogen-bond donors (Lipinski definition) is 1. The van der Waals surface area contributed by atoms with Crippen LogP contribution in [0.2, 0.25) is 5.02 Å². The fraction of sp³-hybridized carbons (Fsp3) is 0.304. The number of nitrogens with one attached hydrogen (secondary N) is 1. The lowest BCUT2D eigenvalue weighted by molar-refractivity contribution is 0.0773. The van der Waals surface area contributed by atoms with Crippen LogP contribution in [0.15, 0.2) is 41.2 Å². The van der Waals surface area contributed by atoms with Crippen molar-refractivity contribution in [1.82, 2.24) is 14.5 Å². The predicted octanol–water partition coefficient (Wildman–Crippen LogP) is 4.11. The summed E-state index contributed by atoms with van der Waals surface area (Å²) in [7, 11) is 0. The Kier molecular flexibility index (Phi) is 6.75. The number of aryl methyl sites for hydroxylation is 2. The summed E-state index contributed by atoms with van der Waals surface area (Å²) < 4.78 is 1.63. The van der Waals surface area contributed by atoms with Crippen molar-refractivity contribution in [3.8, 4) is 0 Å². The Balaban J connectivity index is 1.87. The van der Waals surface area contributed by atoms with E-state index in [0.717, 1.165) is 0 Å². The molecule has 0 aliphatic heterocycles. The molecule has 1 heterocycles. The van der Waals surface area contributed by atoms with Gasteiger partial charge in [-0.15, -0.1) is 0 Å². The number of carbonyl (C=O) groups is 2. The van der Waals surface area contributed by atoms with Gasteiger partial charge in [-0.25, -0.2) is 4.98 Å². The molecule has 2 aromatic carbocycles. The van der Waals surface area contributed by atoms with Gasteiger partial charge in [-0.3, -0.25) is 14.4 Å². The van der Waals surface area contributed by atoms with Gasteiger partial charge in [-0.05, 0) is 64.1 Å². The standard InChI is InChI=1S/C23H25ClN4O3/c1-5-27(6-2)23(31)17-10-9-16(13-18(17)24)26-21(29)15-8-11-20-19(12-15)25-14(4)22(30)28(20)7-3/h8-13H,5-7H2,1-4H3,(H,26,29). The average molecular weight is 441 g/mol. The minimum atomic E-state index is -0.338. The summed E-state index contributed by atoms with van der Waals surface area (Å²) >= 11 is 6.31. The molecule has 3 aromatic rings. The van der Waals surface area contributed by atoms with Crippen LogP contribution in [-0.4, -0.2) is 39.4 Å². The Morgan fingerprint density at radius 1 is 1.10 bits per heavy atom. The van der Waals surface area contributed by atoms with Crippen LogP contribution < -0.4 is 10.9 Å². The topological polar surface area (TPSA) is 84.3 Å². The van der Waals surface area contributed by atoms with E-state index in [2.05, 4.69) is 10.3 Å². The van der Waals surface area contributed by atoms with Crippen molar-refractivity contribution in [2.45, 2.75) is 34.2 Å². The first-order valence-electron chi connectivity index (χ1n) is 10.2. The molecule has 31 heavy (non-hydrogen) atoms. The van der Waals surface area contributed by atoms with Crippen LogP contribution in [0.4, 0.5) is 5.69 Å². The molecule has 0 aliphatic carbocycles. The highest BCUT2D eigenvalue weighted by atomic mass is 35.5. The molecule has 1 aromatic heterocycles. The Morgan fingerprint density at radius 2 is 1.81 bits per heavy atom. The van der Waals surface area contributed by atoms with Gasteiger partial charge < -0.3 is 14.8 Å². The van der Waals surface area contributed by atoms with Gasteiger partial charge in [-0.2, -0.15) is 0 Å². The van der Waals surface area contributed by atoms with E-state index >= 15 is 0 Å². The molecule has 0 fully saturated rings. The number of halogens is 1. The minimum absolute atomic E-state index is 0.138. The molecule has 8 heteroatoms. The number of nitrogens with zero attached hydrogens (tertiary/aromatic N) is 3. The summed E-state index contributed by atoms with van der Waals surface area (Å²) in [6, 6.07) is 9.86. The van der Waals surface area contributed by atoms with Gasteiger partial charge in [0.2, 0.25) is 0 Å². The maximum Gasteiger partial charge on any atom is 0.272 e. The Morgan fingerprint density at radius 3 is 2.42 bits per heavy atom.